The van der Waals surface area contributed by atoms with Gasteiger partial charge in [0.1, 0.15) is 0 Å². The highest BCUT2D eigenvalue weighted by atomic mass is 35.5. The lowest BCUT2D eigenvalue weighted by Gasteiger charge is -2.13. The second kappa shape index (κ2) is 8.72. The van der Waals surface area contributed by atoms with Gasteiger partial charge < -0.3 is 5.73 Å². The van der Waals surface area contributed by atoms with Crippen LogP contribution in [0.3, 0.4) is 0 Å². The van der Waals surface area contributed by atoms with Crippen molar-refractivity contribution in [3.8, 4) is 0 Å². The van der Waals surface area contributed by atoms with E-state index in [1.165, 1.54) is 12.1 Å². The van der Waals surface area contributed by atoms with Crippen molar-refractivity contribution in [3.05, 3.63) is 70.3 Å². The highest BCUT2D eigenvalue weighted by Crippen LogP contribution is 2.13. The van der Waals surface area contributed by atoms with Gasteiger partial charge in [-0.25, -0.2) is 0 Å². The van der Waals surface area contributed by atoms with Crippen LogP contribution in [0.25, 0.3) is 0 Å². The van der Waals surface area contributed by atoms with Gasteiger partial charge in [-0.05, 0) is 24.1 Å². The lowest BCUT2D eigenvalue weighted by atomic mass is 10.1. The molecule has 2 aromatic rings. The number of carbonyl (C=O) groups excluding carboxylic acids is 1. The molecule has 4 N–H and O–H groups in total. The Hall–Kier alpha value is -2.64. The van der Waals surface area contributed by atoms with Gasteiger partial charge >= 0.3 is 0 Å². The van der Waals surface area contributed by atoms with Crippen molar-refractivity contribution in [3.63, 3.8) is 0 Å². The van der Waals surface area contributed by atoms with Gasteiger partial charge in [0, 0.05) is 12.1 Å². The number of anilines is 1. The standard InChI is InChI=1S/C15H16N4O3.ClH/c16-14(10-11-6-8-13(9-7-11)19(21)22)15(20)18-17-12-4-2-1-3-5-12;/h1-9,14,17H,10,16H2,(H,18,20);1H/t14-;/m0./s1. The van der Waals surface area contributed by atoms with Crippen molar-refractivity contribution in [2.24, 2.45) is 5.73 Å². The summed E-state index contributed by atoms with van der Waals surface area (Å²) in [5.74, 6) is -0.359. The third-order valence-corrected chi connectivity index (χ3v) is 3.04. The number of benzene rings is 2. The Morgan fingerprint density at radius 3 is 2.30 bits per heavy atom. The molecule has 7 nitrogen and oxygen atoms in total. The van der Waals surface area contributed by atoms with Crippen LogP contribution < -0.4 is 16.6 Å². The highest BCUT2D eigenvalue weighted by Gasteiger charge is 2.14. The van der Waals surface area contributed by atoms with Gasteiger partial charge in [0.25, 0.3) is 11.6 Å². The lowest BCUT2D eigenvalue weighted by molar-refractivity contribution is -0.384. The Balaban J connectivity index is 0.00000264. The number of nitro benzene ring substituents is 1. The molecule has 8 heteroatoms. The van der Waals surface area contributed by atoms with Crippen LogP contribution in [0.4, 0.5) is 11.4 Å². The first kappa shape index (κ1) is 18.4. The van der Waals surface area contributed by atoms with E-state index >= 15 is 0 Å². The first-order chi connectivity index (χ1) is 10.6. The zero-order chi connectivity index (χ0) is 15.9. The maximum atomic E-state index is 11.9. The van der Waals surface area contributed by atoms with E-state index < -0.39 is 11.0 Å². The Bertz CT molecular complexity index is 650. The van der Waals surface area contributed by atoms with Crippen LogP contribution in [0.15, 0.2) is 54.6 Å². The van der Waals surface area contributed by atoms with Gasteiger partial charge in [-0.2, -0.15) is 0 Å². The van der Waals surface area contributed by atoms with Gasteiger partial charge in [0.2, 0.25) is 0 Å². The molecule has 0 saturated carbocycles. The third kappa shape index (κ3) is 5.57. The minimum atomic E-state index is -0.752. The topological polar surface area (TPSA) is 110 Å². The van der Waals surface area contributed by atoms with Gasteiger partial charge in [-0.15, -0.1) is 12.4 Å². The van der Waals surface area contributed by atoms with Crippen molar-refractivity contribution in [1.29, 1.82) is 0 Å². The fraction of sp³-hybridized carbons (Fsp3) is 0.133. The summed E-state index contributed by atoms with van der Waals surface area (Å²) < 4.78 is 0. The van der Waals surface area contributed by atoms with E-state index in [-0.39, 0.29) is 24.0 Å². The number of nitrogens with zero attached hydrogens (tertiary/aromatic N) is 1. The molecule has 0 bridgehead atoms. The molecule has 0 saturated heterocycles. The highest BCUT2D eigenvalue weighted by molar-refractivity contribution is 5.85. The maximum Gasteiger partial charge on any atom is 0.269 e. The largest absolute Gasteiger partial charge is 0.320 e. The van der Waals surface area contributed by atoms with Crippen LogP contribution in [0.2, 0.25) is 0 Å². The number of amides is 1. The first-order valence-corrected chi connectivity index (χ1v) is 6.66. The average Bonchev–Trinajstić information content (AvgIpc) is 2.54. The Labute approximate surface area is 139 Å². The molecule has 0 spiro atoms. The smallest absolute Gasteiger partial charge is 0.269 e. The van der Waals surface area contributed by atoms with Crippen molar-refractivity contribution in [2.45, 2.75) is 12.5 Å². The van der Waals surface area contributed by atoms with E-state index in [2.05, 4.69) is 10.9 Å². The summed E-state index contributed by atoms with van der Waals surface area (Å²) >= 11 is 0. The van der Waals surface area contributed by atoms with E-state index in [0.29, 0.717) is 6.42 Å². The molecule has 0 aromatic heterocycles. The Morgan fingerprint density at radius 2 is 1.74 bits per heavy atom. The number of rotatable bonds is 6. The maximum absolute atomic E-state index is 11.9. The summed E-state index contributed by atoms with van der Waals surface area (Å²) in [4.78, 5) is 22.0. The fourth-order valence-corrected chi connectivity index (χ4v) is 1.85. The molecule has 122 valence electrons. The SMILES string of the molecule is Cl.N[C@@H](Cc1ccc([N+](=O)[O-])cc1)C(=O)NNc1ccccc1. The van der Waals surface area contributed by atoms with Crippen LogP contribution >= 0.6 is 12.4 Å². The van der Waals surface area contributed by atoms with Gasteiger partial charge in [0.15, 0.2) is 0 Å². The molecule has 1 amide bonds. The Morgan fingerprint density at radius 1 is 1.13 bits per heavy atom. The summed E-state index contributed by atoms with van der Waals surface area (Å²) in [5.41, 5.74) is 12.6. The monoisotopic (exact) mass is 336 g/mol. The van der Waals surface area contributed by atoms with Crippen LogP contribution in [0.5, 0.6) is 0 Å². The lowest BCUT2D eigenvalue weighted by Crippen LogP contribution is -2.44. The number of non-ortho nitro benzene ring substituents is 1. The number of para-hydroxylation sites is 1. The summed E-state index contributed by atoms with van der Waals surface area (Å²) in [5, 5.41) is 10.6. The molecule has 23 heavy (non-hydrogen) atoms. The van der Waals surface area contributed by atoms with Crippen molar-refractivity contribution in [1.82, 2.24) is 5.43 Å². The molecule has 2 aromatic carbocycles. The van der Waals surface area contributed by atoms with Crippen LogP contribution in [-0.4, -0.2) is 16.9 Å². The van der Waals surface area contributed by atoms with Gasteiger partial charge in [0.05, 0.1) is 16.7 Å². The molecular weight excluding hydrogens is 320 g/mol. The molecule has 0 aliphatic rings. The fourth-order valence-electron chi connectivity index (χ4n) is 1.85. The number of nitro groups is 1. The summed E-state index contributed by atoms with van der Waals surface area (Å²) in [6.07, 6.45) is 0.292. The Kier molecular flexibility index (Phi) is 6.98. The van der Waals surface area contributed by atoms with E-state index in [1.54, 1.807) is 12.1 Å². The molecule has 2 rings (SSSR count). The molecule has 0 fully saturated rings. The third-order valence-electron chi connectivity index (χ3n) is 3.04. The normalized spacial score (nSPS) is 11.0. The van der Waals surface area contributed by atoms with Crippen LogP contribution in [0, 0.1) is 10.1 Å². The van der Waals surface area contributed by atoms with Crippen molar-refractivity contribution in [2.75, 3.05) is 5.43 Å². The molecular formula is C15H17ClN4O3. The summed E-state index contributed by atoms with van der Waals surface area (Å²) in [6.45, 7) is 0. The number of nitrogens with one attached hydrogen (secondary N) is 2. The number of hydrazine groups is 1. The number of halogens is 1. The molecule has 0 unspecified atom stereocenters. The van der Waals surface area contributed by atoms with Crippen molar-refractivity contribution >= 4 is 29.7 Å². The second-order valence-electron chi connectivity index (χ2n) is 4.71. The van der Waals surface area contributed by atoms with Crippen LogP contribution in [-0.2, 0) is 11.2 Å². The van der Waals surface area contributed by atoms with Gasteiger partial charge in [-0.3, -0.25) is 25.8 Å². The van der Waals surface area contributed by atoms with E-state index in [1.807, 2.05) is 30.3 Å². The average molecular weight is 337 g/mol. The van der Waals surface area contributed by atoms with Crippen molar-refractivity contribution < 1.29 is 9.72 Å². The quantitative estimate of drug-likeness (QED) is 0.552. The molecule has 0 radical (unpaired) electrons. The molecule has 0 aliphatic heterocycles. The zero-order valence-electron chi connectivity index (χ0n) is 12.1. The number of hydrogen-bond donors (Lipinski definition) is 3. The minimum Gasteiger partial charge on any atom is -0.320 e. The zero-order valence-corrected chi connectivity index (χ0v) is 13.0. The van der Waals surface area contributed by atoms with Crippen LogP contribution in [0.1, 0.15) is 5.56 Å². The predicted molar refractivity (Wildman–Crippen MR) is 90.2 cm³/mol. The van der Waals surface area contributed by atoms with E-state index in [9.17, 15) is 14.9 Å². The van der Waals surface area contributed by atoms with E-state index in [4.69, 9.17) is 5.73 Å². The number of carbonyl (C=O) groups is 1. The number of nitrogens with two attached hydrogens (primary N) is 1. The summed E-state index contributed by atoms with van der Waals surface area (Å²) in [7, 11) is 0. The minimum absolute atomic E-state index is 0. The predicted octanol–water partition coefficient (Wildman–Crippen LogP) is 2.03. The first-order valence-electron chi connectivity index (χ1n) is 6.66. The molecule has 0 heterocycles. The van der Waals surface area contributed by atoms with E-state index in [0.717, 1.165) is 11.3 Å². The molecule has 1 atom stereocenters. The van der Waals surface area contributed by atoms with Gasteiger partial charge in [-0.1, -0.05) is 30.3 Å². The summed E-state index contributed by atoms with van der Waals surface area (Å²) in [6, 6.07) is 14.4. The molecule has 0 aliphatic carbocycles. The number of hydrogen-bond acceptors (Lipinski definition) is 5. The second-order valence-corrected chi connectivity index (χ2v) is 4.71.